The molecule has 0 radical (unpaired) electrons. The number of imidazole rings is 1. The largest absolute Gasteiger partial charge is 0.310 e. The van der Waals surface area contributed by atoms with E-state index in [9.17, 15) is 0 Å². The molecule has 0 aliphatic rings. The second kappa shape index (κ2) is 3.65. The van der Waals surface area contributed by atoms with Crippen LogP contribution in [0.4, 0.5) is 0 Å². The highest BCUT2D eigenvalue weighted by Crippen LogP contribution is 2.23. The van der Waals surface area contributed by atoms with E-state index in [1.165, 1.54) is 0 Å². The van der Waals surface area contributed by atoms with Crippen LogP contribution < -0.4 is 0 Å². The summed E-state index contributed by atoms with van der Waals surface area (Å²) >= 11 is 0. The van der Waals surface area contributed by atoms with E-state index in [-0.39, 0.29) is 0 Å². The molecule has 0 spiro atoms. The molecule has 2 aromatic rings. The van der Waals surface area contributed by atoms with Crippen molar-refractivity contribution in [1.29, 1.82) is 0 Å². The van der Waals surface area contributed by atoms with E-state index < -0.39 is 0 Å². The monoisotopic (exact) mass is 203 g/mol. The van der Waals surface area contributed by atoms with Crippen LogP contribution in [0.2, 0.25) is 0 Å². The van der Waals surface area contributed by atoms with Crippen molar-refractivity contribution in [3.63, 3.8) is 0 Å². The number of rotatable bonds is 2. The summed E-state index contributed by atoms with van der Waals surface area (Å²) in [6.45, 7) is 8.67. The number of hydrogen-bond acceptors (Lipinski definition) is 2. The van der Waals surface area contributed by atoms with Gasteiger partial charge in [-0.25, -0.2) is 9.97 Å². The van der Waals surface area contributed by atoms with Gasteiger partial charge in [0.25, 0.3) is 0 Å². The minimum absolute atomic E-state index is 0.405. The first-order valence-corrected chi connectivity index (χ1v) is 5.44. The molecular formula is C12H17N3. The van der Waals surface area contributed by atoms with Crippen LogP contribution in [0, 0.1) is 0 Å². The van der Waals surface area contributed by atoms with E-state index >= 15 is 0 Å². The van der Waals surface area contributed by atoms with Gasteiger partial charge >= 0.3 is 0 Å². The summed E-state index contributed by atoms with van der Waals surface area (Å²) < 4.78 is 2.22. The highest BCUT2D eigenvalue weighted by Gasteiger charge is 2.15. The van der Waals surface area contributed by atoms with Crippen molar-refractivity contribution in [2.45, 2.75) is 39.7 Å². The molecule has 0 saturated heterocycles. The van der Waals surface area contributed by atoms with Crippen LogP contribution >= 0.6 is 0 Å². The van der Waals surface area contributed by atoms with Crippen LogP contribution in [0.3, 0.4) is 0 Å². The van der Waals surface area contributed by atoms with Crippen LogP contribution in [0.1, 0.15) is 45.5 Å². The van der Waals surface area contributed by atoms with Gasteiger partial charge < -0.3 is 4.57 Å². The van der Waals surface area contributed by atoms with Crippen molar-refractivity contribution < 1.29 is 0 Å². The Balaban J connectivity index is 2.75. The van der Waals surface area contributed by atoms with Gasteiger partial charge in [0.2, 0.25) is 0 Å². The summed E-state index contributed by atoms with van der Waals surface area (Å²) in [5, 5.41) is 0. The van der Waals surface area contributed by atoms with Gasteiger partial charge in [-0.2, -0.15) is 0 Å². The summed E-state index contributed by atoms with van der Waals surface area (Å²) in [6.07, 6.45) is 1.83. The third kappa shape index (κ3) is 1.62. The van der Waals surface area contributed by atoms with E-state index in [4.69, 9.17) is 0 Å². The zero-order chi connectivity index (χ0) is 11.0. The average Bonchev–Trinajstić information content (AvgIpc) is 2.56. The zero-order valence-corrected chi connectivity index (χ0v) is 9.73. The molecule has 0 bridgehead atoms. The third-order valence-electron chi connectivity index (χ3n) is 2.51. The highest BCUT2D eigenvalue weighted by molar-refractivity contribution is 5.71. The second-order valence-electron chi connectivity index (χ2n) is 4.43. The van der Waals surface area contributed by atoms with E-state index in [0.717, 1.165) is 17.0 Å². The van der Waals surface area contributed by atoms with Gasteiger partial charge in [-0.3, -0.25) is 0 Å². The molecule has 0 atom stereocenters. The fourth-order valence-electron chi connectivity index (χ4n) is 1.86. The second-order valence-corrected chi connectivity index (χ2v) is 4.43. The molecule has 3 nitrogen and oxygen atoms in total. The fourth-order valence-corrected chi connectivity index (χ4v) is 1.86. The molecule has 2 aromatic heterocycles. The fraction of sp³-hybridized carbons (Fsp3) is 0.500. The predicted molar refractivity (Wildman–Crippen MR) is 62.0 cm³/mol. The number of nitrogens with zero attached hydrogens (tertiary/aromatic N) is 3. The lowest BCUT2D eigenvalue weighted by atomic mass is 10.2. The van der Waals surface area contributed by atoms with Crippen LogP contribution in [-0.4, -0.2) is 14.5 Å². The smallest absolute Gasteiger partial charge is 0.160 e. The maximum atomic E-state index is 4.63. The van der Waals surface area contributed by atoms with Gasteiger partial charge in [-0.05, 0) is 26.0 Å². The molecule has 15 heavy (non-hydrogen) atoms. The maximum Gasteiger partial charge on any atom is 0.160 e. The van der Waals surface area contributed by atoms with Crippen LogP contribution in [0.15, 0.2) is 18.3 Å². The van der Waals surface area contributed by atoms with Gasteiger partial charge in [0, 0.05) is 18.2 Å². The Hall–Kier alpha value is -1.38. The number of aromatic nitrogens is 3. The Bertz CT molecular complexity index is 469. The van der Waals surface area contributed by atoms with Crippen LogP contribution in [0.5, 0.6) is 0 Å². The topological polar surface area (TPSA) is 30.7 Å². The van der Waals surface area contributed by atoms with E-state index in [1.54, 1.807) is 0 Å². The maximum absolute atomic E-state index is 4.63. The van der Waals surface area contributed by atoms with Crippen molar-refractivity contribution in [3.05, 3.63) is 24.2 Å². The molecule has 0 N–H and O–H groups in total. The predicted octanol–water partition coefficient (Wildman–Crippen LogP) is 3.14. The minimum Gasteiger partial charge on any atom is -0.310 e. The molecule has 0 amide bonds. The summed E-state index contributed by atoms with van der Waals surface area (Å²) in [4.78, 5) is 9.04. The molecule has 0 fully saturated rings. The Morgan fingerprint density at radius 3 is 2.53 bits per heavy atom. The number of pyridine rings is 1. The van der Waals surface area contributed by atoms with Crippen molar-refractivity contribution in [1.82, 2.24) is 14.5 Å². The molecule has 0 aromatic carbocycles. The van der Waals surface area contributed by atoms with Crippen LogP contribution in [0.25, 0.3) is 11.2 Å². The van der Waals surface area contributed by atoms with Crippen molar-refractivity contribution in [2.75, 3.05) is 0 Å². The molecule has 2 heterocycles. The highest BCUT2D eigenvalue weighted by atomic mass is 15.1. The molecule has 0 saturated carbocycles. The van der Waals surface area contributed by atoms with Gasteiger partial charge in [0.15, 0.2) is 5.65 Å². The summed E-state index contributed by atoms with van der Waals surface area (Å²) in [5.74, 6) is 1.56. The average molecular weight is 203 g/mol. The molecule has 80 valence electrons. The molecule has 2 rings (SSSR count). The van der Waals surface area contributed by atoms with Crippen LogP contribution in [-0.2, 0) is 0 Å². The van der Waals surface area contributed by atoms with Crippen molar-refractivity contribution in [2.24, 2.45) is 0 Å². The molecule has 0 aliphatic carbocycles. The molecule has 3 heteroatoms. The number of hydrogen-bond donors (Lipinski definition) is 0. The molecule has 0 unspecified atom stereocenters. The molecule has 0 aliphatic heterocycles. The first kappa shape index (κ1) is 10.1. The van der Waals surface area contributed by atoms with Crippen molar-refractivity contribution in [3.8, 4) is 0 Å². The summed E-state index contributed by atoms with van der Waals surface area (Å²) in [5.41, 5.74) is 1.99. The quantitative estimate of drug-likeness (QED) is 0.750. The Morgan fingerprint density at radius 1 is 1.20 bits per heavy atom. The summed E-state index contributed by atoms with van der Waals surface area (Å²) in [6, 6.07) is 4.36. The van der Waals surface area contributed by atoms with Gasteiger partial charge in [0.1, 0.15) is 11.3 Å². The van der Waals surface area contributed by atoms with Crippen molar-refractivity contribution >= 4 is 11.2 Å². The first-order chi connectivity index (χ1) is 7.11. The van der Waals surface area contributed by atoms with E-state index in [1.807, 2.05) is 18.3 Å². The standard InChI is InChI=1S/C12H17N3/c1-8(2)11-14-10-6-5-7-13-12(10)15(11)9(3)4/h5-9H,1-4H3. The lowest BCUT2D eigenvalue weighted by molar-refractivity contribution is 0.561. The normalized spacial score (nSPS) is 11.9. The zero-order valence-electron chi connectivity index (χ0n) is 9.73. The van der Waals surface area contributed by atoms with E-state index in [0.29, 0.717) is 12.0 Å². The Morgan fingerprint density at radius 2 is 1.93 bits per heavy atom. The minimum atomic E-state index is 0.405. The SMILES string of the molecule is CC(C)c1nc2cccnc2n1C(C)C. The summed E-state index contributed by atoms with van der Waals surface area (Å²) in [7, 11) is 0. The van der Waals surface area contributed by atoms with E-state index in [2.05, 4.69) is 42.2 Å². The first-order valence-electron chi connectivity index (χ1n) is 5.44. The van der Waals surface area contributed by atoms with Gasteiger partial charge in [0.05, 0.1) is 0 Å². The Kier molecular flexibility index (Phi) is 2.47. The van der Waals surface area contributed by atoms with Gasteiger partial charge in [-0.15, -0.1) is 0 Å². The third-order valence-corrected chi connectivity index (χ3v) is 2.51. The number of fused-ring (bicyclic) bond motifs is 1. The lowest BCUT2D eigenvalue weighted by Gasteiger charge is -2.13. The lowest BCUT2D eigenvalue weighted by Crippen LogP contribution is -2.08. The Labute approximate surface area is 90.2 Å². The molecular weight excluding hydrogens is 186 g/mol. The van der Waals surface area contributed by atoms with Gasteiger partial charge in [-0.1, -0.05) is 13.8 Å².